The fraction of sp³-hybridized carbons (Fsp3) is 0.533. The van der Waals surface area contributed by atoms with E-state index >= 15 is 0 Å². The van der Waals surface area contributed by atoms with Crippen molar-refractivity contribution in [3.63, 3.8) is 0 Å². The summed E-state index contributed by atoms with van der Waals surface area (Å²) in [5.74, 6) is 0.357. The fourth-order valence-electron chi connectivity index (χ4n) is 1.80. The number of ether oxygens (including phenoxy) is 2. The number of benzene rings is 1. The molecule has 0 spiro atoms. The van der Waals surface area contributed by atoms with Crippen molar-refractivity contribution in [2.75, 3.05) is 13.7 Å². The summed E-state index contributed by atoms with van der Waals surface area (Å²) in [4.78, 5) is 11.1. The molecule has 1 aromatic rings. The first-order valence-electron chi connectivity index (χ1n) is 6.75. The van der Waals surface area contributed by atoms with Crippen LogP contribution in [0.1, 0.15) is 31.7 Å². The van der Waals surface area contributed by atoms with Crippen LogP contribution in [-0.4, -0.2) is 25.2 Å². The molecule has 0 saturated carbocycles. The van der Waals surface area contributed by atoms with Crippen LogP contribution in [0.15, 0.2) is 24.3 Å². The maximum atomic E-state index is 11.1. The van der Waals surface area contributed by atoms with Gasteiger partial charge in [-0.1, -0.05) is 12.1 Å². The van der Waals surface area contributed by atoms with Gasteiger partial charge in [0.05, 0.1) is 18.8 Å². The lowest BCUT2D eigenvalue weighted by Crippen LogP contribution is -2.49. The molecular weight excluding hydrogens is 256 g/mol. The smallest absolute Gasteiger partial charge is 0.237 e. The summed E-state index contributed by atoms with van der Waals surface area (Å²) < 4.78 is 10.7. The molecule has 5 heteroatoms. The van der Waals surface area contributed by atoms with Gasteiger partial charge < -0.3 is 20.9 Å². The van der Waals surface area contributed by atoms with Crippen LogP contribution in [0.4, 0.5) is 0 Å². The zero-order chi connectivity index (χ0) is 15.0. The third-order valence-electron chi connectivity index (χ3n) is 3.13. The lowest BCUT2D eigenvalue weighted by atomic mass is 9.96. The van der Waals surface area contributed by atoms with Crippen molar-refractivity contribution in [2.45, 2.75) is 38.3 Å². The lowest BCUT2D eigenvalue weighted by molar-refractivity contribution is -0.122. The van der Waals surface area contributed by atoms with E-state index in [1.54, 1.807) is 14.0 Å². The van der Waals surface area contributed by atoms with Crippen LogP contribution >= 0.6 is 0 Å². The zero-order valence-corrected chi connectivity index (χ0v) is 12.2. The molecule has 112 valence electrons. The molecule has 0 saturated heterocycles. The average molecular weight is 280 g/mol. The molecule has 20 heavy (non-hydrogen) atoms. The third-order valence-corrected chi connectivity index (χ3v) is 3.13. The molecule has 0 aromatic heterocycles. The van der Waals surface area contributed by atoms with Gasteiger partial charge in [-0.3, -0.25) is 4.79 Å². The van der Waals surface area contributed by atoms with E-state index in [9.17, 15) is 4.79 Å². The molecular formula is C15H24N2O3. The Morgan fingerprint density at radius 1 is 1.35 bits per heavy atom. The van der Waals surface area contributed by atoms with E-state index in [0.29, 0.717) is 19.6 Å². The Labute approximate surface area is 120 Å². The van der Waals surface area contributed by atoms with Crippen molar-refractivity contribution in [1.29, 1.82) is 0 Å². The van der Waals surface area contributed by atoms with Crippen LogP contribution in [0.5, 0.6) is 5.75 Å². The number of primary amides is 1. The summed E-state index contributed by atoms with van der Waals surface area (Å²) in [6.45, 7) is 2.82. The fourth-order valence-corrected chi connectivity index (χ4v) is 1.80. The summed E-state index contributed by atoms with van der Waals surface area (Å²) >= 11 is 0. The average Bonchev–Trinajstić information content (AvgIpc) is 2.39. The van der Waals surface area contributed by atoms with Crippen molar-refractivity contribution < 1.29 is 14.3 Å². The molecule has 0 bridgehead atoms. The van der Waals surface area contributed by atoms with Gasteiger partial charge in [0.25, 0.3) is 0 Å². The van der Waals surface area contributed by atoms with Gasteiger partial charge in [0, 0.05) is 7.11 Å². The quantitative estimate of drug-likeness (QED) is 0.672. The van der Waals surface area contributed by atoms with Crippen LogP contribution in [-0.2, 0) is 16.1 Å². The Balaban J connectivity index is 2.28. The highest BCUT2D eigenvalue weighted by molar-refractivity contribution is 5.83. The number of nitrogens with two attached hydrogens (primary N) is 2. The molecule has 0 aliphatic carbocycles. The Bertz CT molecular complexity index is 433. The first-order chi connectivity index (χ1) is 9.45. The van der Waals surface area contributed by atoms with E-state index in [0.717, 1.165) is 24.2 Å². The predicted molar refractivity (Wildman–Crippen MR) is 78.3 cm³/mol. The van der Waals surface area contributed by atoms with Gasteiger partial charge in [-0.2, -0.15) is 0 Å². The van der Waals surface area contributed by atoms with E-state index in [2.05, 4.69) is 0 Å². The van der Waals surface area contributed by atoms with Crippen LogP contribution in [0.3, 0.4) is 0 Å². The van der Waals surface area contributed by atoms with Crippen molar-refractivity contribution in [1.82, 2.24) is 0 Å². The Morgan fingerprint density at radius 2 is 2.10 bits per heavy atom. The minimum atomic E-state index is -0.932. The van der Waals surface area contributed by atoms with Gasteiger partial charge in [-0.25, -0.2) is 0 Å². The second-order valence-corrected chi connectivity index (χ2v) is 5.17. The molecule has 1 amide bonds. The van der Waals surface area contributed by atoms with Crippen molar-refractivity contribution in [3.05, 3.63) is 29.8 Å². The van der Waals surface area contributed by atoms with E-state index in [1.807, 2.05) is 24.3 Å². The second kappa shape index (κ2) is 7.87. The molecule has 5 nitrogen and oxygen atoms in total. The topological polar surface area (TPSA) is 87.6 Å². The number of methoxy groups -OCH3 is 1. The van der Waals surface area contributed by atoms with Crippen molar-refractivity contribution >= 4 is 5.91 Å². The zero-order valence-electron chi connectivity index (χ0n) is 12.2. The highest BCUT2D eigenvalue weighted by Crippen LogP contribution is 2.15. The first kappa shape index (κ1) is 16.5. The molecule has 1 rings (SSSR count). The molecule has 0 aliphatic rings. The van der Waals surface area contributed by atoms with Crippen molar-refractivity contribution in [2.24, 2.45) is 11.5 Å². The first-order valence-corrected chi connectivity index (χ1v) is 6.75. The normalized spacial score (nSPS) is 13.8. The summed E-state index contributed by atoms with van der Waals surface area (Å²) in [6.07, 6.45) is 2.19. The second-order valence-electron chi connectivity index (χ2n) is 5.17. The molecule has 0 fully saturated rings. The number of carbonyl (C=O) groups excluding carboxylic acids is 1. The van der Waals surface area contributed by atoms with Gasteiger partial charge in [-0.05, 0) is 43.9 Å². The minimum absolute atomic E-state index is 0.467. The van der Waals surface area contributed by atoms with Crippen LogP contribution < -0.4 is 16.2 Å². The molecule has 0 heterocycles. The van der Waals surface area contributed by atoms with Gasteiger partial charge >= 0.3 is 0 Å². The number of rotatable bonds is 9. The van der Waals surface area contributed by atoms with Gasteiger partial charge in [0.2, 0.25) is 5.91 Å². The number of carbonyl (C=O) groups is 1. The van der Waals surface area contributed by atoms with E-state index in [4.69, 9.17) is 20.9 Å². The van der Waals surface area contributed by atoms with E-state index in [1.165, 1.54) is 0 Å². The maximum absolute atomic E-state index is 11.1. The summed E-state index contributed by atoms with van der Waals surface area (Å²) in [6, 6.07) is 7.80. The van der Waals surface area contributed by atoms with Crippen LogP contribution in [0.2, 0.25) is 0 Å². The number of unbranched alkanes of at least 4 members (excludes halogenated alkanes) is 1. The number of amides is 1. The van der Waals surface area contributed by atoms with E-state index < -0.39 is 11.4 Å². The largest absolute Gasteiger partial charge is 0.494 e. The SMILES string of the molecule is COCc1cccc(OCCCCC(C)(N)C(N)=O)c1. The number of hydrogen-bond acceptors (Lipinski definition) is 4. The summed E-state index contributed by atoms with van der Waals surface area (Å²) in [7, 11) is 1.66. The molecule has 1 aromatic carbocycles. The van der Waals surface area contributed by atoms with Gasteiger partial charge in [0.15, 0.2) is 0 Å². The molecule has 0 radical (unpaired) electrons. The summed E-state index contributed by atoms with van der Waals surface area (Å²) in [5, 5.41) is 0. The Hall–Kier alpha value is -1.59. The predicted octanol–water partition coefficient (Wildman–Crippen LogP) is 1.58. The Kier molecular flexibility index (Phi) is 6.48. The summed E-state index contributed by atoms with van der Waals surface area (Å²) in [5.41, 5.74) is 11.1. The molecule has 0 aliphatic heterocycles. The van der Waals surface area contributed by atoms with Crippen LogP contribution in [0, 0.1) is 0 Å². The Morgan fingerprint density at radius 3 is 2.75 bits per heavy atom. The third kappa shape index (κ3) is 5.59. The molecule has 4 N–H and O–H groups in total. The molecule has 1 atom stereocenters. The standard InChI is InChI=1S/C15H24N2O3/c1-15(17,14(16)18)8-3-4-9-20-13-7-5-6-12(10-13)11-19-2/h5-7,10H,3-4,8-9,11,17H2,1-2H3,(H2,16,18). The van der Waals surface area contributed by atoms with E-state index in [-0.39, 0.29) is 0 Å². The van der Waals surface area contributed by atoms with Crippen molar-refractivity contribution in [3.8, 4) is 5.75 Å². The molecule has 1 unspecified atom stereocenters. The highest BCUT2D eigenvalue weighted by atomic mass is 16.5. The van der Waals surface area contributed by atoms with Crippen LogP contribution in [0.25, 0.3) is 0 Å². The van der Waals surface area contributed by atoms with Gasteiger partial charge in [-0.15, -0.1) is 0 Å². The maximum Gasteiger partial charge on any atom is 0.237 e. The monoisotopic (exact) mass is 280 g/mol. The lowest BCUT2D eigenvalue weighted by Gasteiger charge is -2.19. The highest BCUT2D eigenvalue weighted by Gasteiger charge is 2.24. The number of hydrogen-bond donors (Lipinski definition) is 2. The minimum Gasteiger partial charge on any atom is -0.494 e. The van der Waals surface area contributed by atoms with Gasteiger partial charge in [0.1, 0.15) is 5.75 Å².